The fourth-order valence-corrected chi connectivity index (χ4v) is 2.89. The molecule has 44 valence electrons. The van der Waals surface area contributed by atoms with E-state index in [1.807, 2.05) is 0 Å². The molecule has 0 aromatic carbocycles. The summed E-state index contributed by atoms with van der Waals surface area (Å²) in [6.45, 7) is 0. The largest absolute Gasteiger partial charge is 0.327 e. The van der Waals surface area contributed by atoms with Crippen LogP contribution in [0.5, 0.6) is 0 Å². The van der Waals surface area contributed by atoms with Gasteiger partial charge in [-0.1, -0.05) is 0 Å². The first kappa shape index (κ1) is 3.89. The molecule has 3 aliphatic carbocycles. The van der Waals surface area contributed by atoms with Crippen molar-refractivity contribution in [1.29, 1.82) is 0 Å². The van der Waals surface area contributed by atoms with Gasteiger partial charge >= 0.3 is 0 Å². The molecule has 4 unspecified atom stereocenters. The summed E-state index contributed by atoms with van der Waals surface area (Å²) in [5.74, 6) is 4.23. The Morgan fingerprint density at radius 2 is 1.50 bits per heavy atom. The summed E-state index contributed by atoms with van der Waals surface area (Å²) in [5.41, 5.74) is 5.79. The molecule has 3 aliphatic rings. The third-order valence-electron chi connectivity index (χ3n) is 3.56. The zero-order valence-corrected chi connectivity index (χ0v) is 4.88. The zero-order chi connectivity index (χ0) is 5.30. The van der Waals surface area contributed by atoms with Gasteiger partial charge in [0.05, 0.1) is 0 Å². The van der Waals surface area contributed by atoms with E-state index in [0.29, 0.717) is 6.04 Å². The molecule has 8 heavy (non-hydrogen) atoms. The zero-order valence-electron chi connectivity index (χ0n) is 4.88. The first-order chi connectivity index (χ1) is 3.89. The van der Waals surface area contributed by atoms with E-state index in [4.69, 9.17) is 5.73 Å². The van der Waals surface area contributed by atoms with Crippen LogP contribution in [0.4, 0.5) is 0 Å². The van der Waals surface area contributed by atoms with E-state index in [1.165, 1.54) is 12.8 Å². The van der Waals surface area contributed by atoms with Crippen molar-refractivity contribution in [3.8, 4) is 0 Å². The van der Waals surface area contributed by atoms with Gasteiger partial charge in [0, 0.05) is 6.04 Å². The van der Waals surface area contributed by atoms with Gasteiger partial charge in [-0.2, -0.15) is 0 Å². The van der Waals surface area contributed by atoms with Gasteiger partial charge < -0.3 is 5.73 Å². The number of hydrogen-bond acceptors (Lipinski definition) is 1. The summed E-state index contributed by atoms with van der Waals surface area (Å²) in [4.78, 5) is 0. The Labute approximate surface area is 49.3 Å². The van der Waals surface area contributed by atoms with Crippen LogP contribution in [-0.4, -0.2) is 6.04 Å². The van der Waals surface area contributed by atoms with E-state index in [0.717, 1.165) is 23.7 Å². The lowest BCUT2D eigenvalue weighted by molar-refractivity contribution is 0.0372. The molecule has 1 nitrogen and oxygen atoms in total. The SMILES string of the molecule is NC1C2C3CCC3C12. The molecule has 0 saturated heterocycles. The van der Waals surface area contributed by atoms with Crippen LogP contribution in [0.2, 0.25) is 0 Å². The molecule has 0 radical (unpaired) electrons. The minimum absolute atomic E-state index is 0.646. The molecule has 0 bridgehead atoms. The van der Waals surface area contributed by atoms with Crippen molar-refractivity contribution in [1.82, 2.24) is 0 Å². The highest BCUT2D eigenvalue weighted by Crippen LogP contribution is 2.71. The summed E-state index contributed by atoms with van der Waals surface area (Å²) < 4.78 is 0. The highest BCUT2D eigenvalue weighted by atomic mass is 14.9. The van der Waals surface area contributed by atoms with Gasteiger partial charge in [-0.05, 0) is 36.5 Å². The first-order valence-electron chi connectivity index (χ1n) is 3.65. The van der Waals surface area contributed by atoms with Crippen LogP contribution in [0.1, 0.15) is 12.8 Å². The maximum Gasteiger partial charge on any atom is 0.0108 e. The summed E-state index contributed by atoms with van der Waals surface area (Å²) in [6.07, 6.45) is 3.00. The van der Waals surface area contributed by atoms with Gasteiger partial charge in [0.25, 0.3) is 0 Å². The van der Waals surface area contributed by atoms with Crippen LogP contribution in [0.3, 0.4) is 0 Å². The summed E-state index contributed by atoms with van der Waals surface area (Å²) >= 11 is 0. The molecule has 0 spiro atoms. The second-order valence-corrected chi connectivity index (χ2v) is 3.64. The van der Waals surface area contributed by atoms with Crippen LogP contribution in [0.25, 0.3) is 0 Å². The Morgan fingerprint density at radius 3 is 1.75 bits per heavy atom. The fraction of sp³-hybridized carbons (Fsp3) is 1.00. The van der Waals surface area contributed by atoms with E-state index >= 15 is 0 Å². The third kappa shape index (κ3) is 0.202. The van der Waals surface area contributed by atoms with E-state index in [1.54, 1.807) is 0 Å². The number of nitrogens with two attached hydrogens (primary N) is 1. The van der Waals surface area contributed by atoms with Crippen molar-refractivity contribution in [3.63, 3.8) is 0 Å². The summed E-state index contributed by atoms with van der Waals surface area (Å²) in [6, 6.07) is 0.646. The molecule has 0 heterocycles. The van der Waals surface area contributed by atoms with E-state index in [9.17, 15) is 0 Å². The lowest BCUT2D eigenvalue weighted by atomic mass is 9.60. The molecular formula is C7H11N. The quantitative estimate of drug-likeness (QED) is 0.484. The van der Waals surface area contributed by atoms with Crippen molar-refractivity contribution in [2.45, 2.75) is 18.9 Å². The smallest absolute Gasteiger partial charge is 0.0108 e. The van der Waals surface area contributed by atoms with Gasteiger partial charge in [-0.15, -0.1) is 0 Å². The Hall–Kier alpha value is -0.0400. The van der Waals surface area contributed by atoms with Gasteiger partial charge in [0.15, 0.2) is 0 Å². The summed E-state index contributed by atoms with van der Waals surface area (Å²) in [5, 5.41) is 0. The van der Waals surface area contributed by atoms with E-state index in [2.05, 4.69) is 0 Å². The molecule has 0 aliphatic heterocycles. The third-order valence-corrected chi connectivity index (χ3v) is 3.56. The molecule has 0 amide bonds. The van der Waals surface area contributed by atoms with Gasteiger partial charge in [0.2, 0.25) is 0 Å². The minimum atomic E-state index is 0.646. The van der Waals surface area contributed by atoms with Gasteiger partial charge in [0.1, 0.15) is 0 Å². The normalized spacial score (nSPS) is 73.9. The van der Waals surface area contributed by atoms with Crippen molar-refractivity contribution in [3.05, 3.63) is 0 Å². The second-order valence-electron chi connectivity index (χ2n) is 3.64. The molecule has 4 atom stereocenters. The first-order valence-corrected chi connectivity index (χ1v) is 3.65. The average molecular weight is 109 g/mol. The molecule has 3 fully saturated rings. The Bertz CT molecular complexity index is 115. The Kier molecular flexibility index (Phi) is 0.418. The number of fused-ring (bicyclic) bond motifs is 4. The van der Waals surface area contributed by atoms with Crippen molar-refractivity contribution < 1.29 is 0 Å². The molecular weight excluding hydrogens is 98.1 g/mol. The fourth-order valence-electron chi connectivity index (χ4n) is 2.89. The topological polar surface area (TPSA) is 26.0 Å². The van der Waals surface area contributed by atoms with Crippen LogP contribution < -0.4 is 5.73 Å². The summed E-state index contributed by atoms with van der Waals surface area (Å²) in [7, 11) is 0. The highest BCUT2D eigenvalue weighted by Gasteiger charge is 2.70. The average Bonchev–Trinajstić information content (AvgIpc) is 2.17. The van der Waals surface area contributed by atoms with Crippen LogP contribution in [0.15, 0.2) is 0 Å². The lowest BCUT2D eigenvalue weighted by Gasteiger charge is -2.45. The maximum absolute atomic E-state index is 5.79. The maximum atomic E-state index is 5.79. The second kappa shape index (κ2) is 0.860. The van der Waals surface area contributed by atoms with Crippen LogP contribution >= 0.6 is 0 Å². The molecule has 1 heteroatoms. The predicted molar refractivity (Wildman–Crippen MR) is 31.2 cm³/mol. The van der Waals surface area contributed by atoms with Crippen molar-refractivity contribution in [2.24, 2.45) is 29.4 Å². The van der Waals surface area contributed by atoms with Crippen molar-refractivity contribution in [2.75, 3.05) is 0 Å². The highest BCUT2D eigenvalue weighted by molar-refractivity contribution is 5.21. The van der Waals surface area contributed by atoms with Gasteiger partial charge in [-0.3, -0.25) is 0 Å². The lowest BCUT2D eigenvalue weighted by Crippen LogP contribution is -2.38. The standard InChI is InChI=1S/C7H11N/c8-7-5-3-1-2-4(3)6(5)7/h3-7H,1-2,8H2. The Morgan fingerprint density at radius 1 is 1.00 bits per heavy atom. The van der Waals surface area contributed by atoms with E-state index < -0.39 is 0 Å². The predicted octanol–water partition coefficient (Wildman–Crippen LogP) is 0.599. The molecule has 2 N–H and O–H groups in total. The molecule has 0 aromatic heterocycles. The van der Waals surface area contributed by atoms with Crippen LogP contribution in [-0.2, 0) is 0 Å². The monoisotopic (exact) mass is 109 g/mol. The molecule has 3 saturated carbocycles. The molecule has 0 aromatic rings. The van der Waals surface area contributed by atoms with Gasteiger partial charge in [-0.25, -0.2) is 0 Å². The number of hydrogen-bond donors (Lipinski definition) is 1. The minimum Gasteiger partial charge on any atom is -0.327 e. The Balaban J connectivity index is 1.91. The van der Waals surface area contributed by atoms with E-state index in [-0.39, 0.29) is 0 Å². The number of rotatable bonds is 0. The van der Waals surface area contributed by atoms with Crippen molar-refractivity contribution >= 4 is 0 Å². The van der Waals surface area contributed by atoms with Crippen LogP contribution in [0, 0.1) is 23.7 Å². The molecule has 3 rings (SSSR count).